The molecule has 1 heterocycles. The van der Waals surface area contributed by atoms with Gasteiger partial charge in [-0.15, -0.1) is 0 Å². The highest BCUT2D eigenvalue weighted by Gasteiger charge is 2.36. The number of allylic oxidation sites excluding steroid dienone is 2. The predicted molar refractivity (Wildman–Crippen MR) is 122 cm³/mol. The van der Waals surface area contributed by atoms with Gasteiger partial charge in [0.25, 0.3) is 0 Å². The van der Waals surface area contributed by atoms with Crippen LogP contribution in [0.4, 0.5) is 10.1 Å². The summed E-state index contributed by atoms with van der Waals surface area (Å²) in [6.07, 6.45) is 0. The molecular formula is C24H22FN3O3S. The van der Waals surface area contributed by atoms with Crippen LogP contribution in [0.1, 0.15) is 24.0 Å². The van der Waals surface area contributed by atoms with Gasteiger partial charge in [-0.1, -0.05) is 42.1 Å². The molecule has 0 unspecified atom stereocenters. The molecule has 1 atom stereocenters. The quantitative estimate of drug-likeness (QED) is 0.634. The van der Waals surface area contributed by atoms with Crippen molar-refractivity contribution in [1.82, 2.24) is 5.32 Å². The summed E-state index contributed by atoms with van der Waals surface area (Å²) in [6.45, 7) is 3.58. The number of methoxy groups -OCH3 is 1. The first-order valence-electron chi connectivity index (χ1n) is 9.79. The second-order valence-electron chi connectivity index (χ2n) is 7.17. The van der Waals surface area contributed by atoms with Gasteiger partial charge in [-0.3, -0.25) is 4.79 Å². The van der Waals surface area contributed by atoms with Crippen LogP contribution in [0, 0.1) is 24.1 Å². The third-order valence-corrected chi connectivity index (χ3v) is 5.94. The highest BCUT2D eigenvalue weighted by molar-refractivity contribution is 8.03. The van der Waals surface area contributed by atoms with E-state index in [0.717, 1.165) is 17.3 Å². The number of hydrogen-bond acceptors (Lipinski definition) is 6. The van der Waals surface area contributed by atoms with E-state index in [1.807, 2.05) is 25.1 Å². The van der Waals surface area contributed by atoms with E-state index in [2.05, 4.69) is 16.7 Å². The number of halogens is 1. The fraction of sp³-hybridized carbons (Fsp3) is 0.208. The number of nitriles is 1. The molecule has 32 heavy (non-hydrogen) atoms. The highest BCUT2D eigenvalue weighted by atomic mass is 32.2. The fourth-order valence-corrected chi connectivity index (χ4v) is 4.38. The van der Waals surface area contributed by atoms with Crippen molar-refractivity contribution >= 4 is 29.3 Å². The lowest BCUT2D eigenvalue weighted by molar-refractivity contribution is -0.136. The normalized spacial score (nSPS) is 15.7. The summed E-state index contributed by atoms with van der Waals surface area (Å²) in [6, 6.07) is 15.5. The third-order valence-electron chi connectivity index (χ3n) is 4.92. The number of aryl methyl sites for hydroxylation is 1. The van der Waals surface area contributed by atoms with Gasteiger partial charge < -0.3 is 15.4 Å². The van der Waals surface area contributed by atoms with Crippen LogP contribution < -0.4 is 10.6 Å². The van der Waals surface area contributed by atoms with Gasteiger partial charge in [-0.05, 0) is 37.6 Å². The number of ether oxygens (including phenoxy) is 1. The predicted octanol–water partition coefficient (Wildman–Crippen LogP) is 4.38. The Morgan fingerprint density at radius 2 is 1.97 bits per heavy atom. The molecule has 2 aromatic rings. The average molecular weight is 452 g/mol. The van der Waals surface area contributed by atoms with Crippen LogP contribution in [0.15, 0.2) is 70.4 Å². The molecule has 1 aliphatic heterocycles. The van der Waals surface area contributed by atoms with E-state index in [0.29, 0.717) is 16.4 Å². The number of benzene rings is 2. The number of amides is 1. The summed E-state index contributed by atoms with van der Waals surface area (Å²) in [7, 11) is 1.23. The minimum Gasteiger partial charge on any atom is -0.466 e. The molecule has 1 aliphatic rings. The Labute approximate surface area is 190 Å². The lowest BCUT2D eigenvalue weighted by atomic mass is 9.82. The zero-order valence-corrected chi connectivity index (χ0v) is 18.7. The van der Waals surface area contributed by atoms with Gasteiger partial charge in [0.15, 0.2) is 0 Å². The van der Waals surface area contributed by atoms with Gasteiger partial charge in [-0.25, -0.2) is 9.18 Å². The van der Waals surface area contributed by atoms with E-state index in [-0.39, 0.29) is 28.4 Å². The van der Waals surface area contributed by atoms with Gasteiger partial charge >= 0.3 is 5.97 Å². The summed E-state index contributed by atoms with van der Waals surface area (Å²) in [4.78, 5) is 24.9. The number of esters is 1. The van der Waals surface area contributed by atoms with Crippen LogP contribution in [0.5, 0.6) is 0 Å². The number of nitrogens with one attached hydrogen (secondary N) is 2. The number of anilines is 1. The van der Waals surface area contributed by atoms with Gasteiger partial charge in [0, 0.05) is 16.9 Å². The Morgan fingerprint density at radius 1 is 1.22 bits per heavy atom. The molecule has 0 spiro atoms. The summed E-state index contributed by atoms with van der Waals surface area (Å²) in [5, 5.41) is 16.2. The van der Waals surface area contributed by atoms with E-state index in [4.69, 9.17) is 4.74 Å². The van der Waals surface area contributed by atoms with Crippen molar-refractivity contribution in [2.75, 3.05) is 18.2 Å². The van der Waals surface area contributed by atoms with Gasteiger partial charge in [-0.2, -0.15) is 5.26 Å². The third kappa shape index (κ3) is 5.01. The van der Waals surface area contributed by atoms with E-state index in [1.165, 1.54) is 25.3 Å². The monoisotopic (exact) mass is 451 g/mol. The lowest BCUT2D eigenvalue weighted by Gasteiger charge is -2.29. The van der Waals surface area contributed by atoms with E-state index in [1.54, 1.807) is 19.1 Å². The zero-order valence-electron chi connectivity index (χ0n) is 17.9. The maximum Gasteiger partial charge on any atom is 0.336 e. The van der Waals surface area contributed by atoms with Crippen LogP contribution in [-0.2, 0) is 14.3 Å². The summed E-state index contributed by atoms with van der Waals surface area (Å²) in [5.74, 6) is -2.38. The first-order chi connectivity index (χ1) is 15.3. The summed E-state index contributed by atoms with van der Waals surface area (Å²) in [5.41, 5.74) is 2.62. The van der Waals surface area contributed by atoms with Gasteiger partial charge in [0.1, 0.15) is 5.82 Å². The van der Waals surface area contributed by atoms with Crippen LogP contribution in [0.25, 0.3) is 0 Å². The Kier molecular flexibility index (Phi) is 7.33. The van der Waals surface area contributed by atoms with Crippen LogP contribution in [0.2, 0.25) is 0 Å². The molecule has 1 amide bonds. The fourth-order valence-electron chi connectivity index (χ4n) is 3.48. The number of rotatable bonds is 6. The molecule has 8 heteroatoms. The molecule has 3 rings (SSSR count). The SMILES string of the molecule is COC(=O)C1=C(C)NC(SCC(=O)Nc2cccc(C)c2)=C(C#N)[C@H]1c1ccccc1F. The molecule has 2 aromatic carbocycles. The number of nitrogens with zero attached hydrogens (tertiary/aromatic N) is 1. The molecule has 0 bridgehead atoms. The number of thioether (sulfide) groups is 1. The van der Waals surface area contributed by atoms with Crippen LogP contribution in [0.3, 0.4) is 0 Å². The van der Waals surface area contributed by atoms with Crippen LogP contribution >= 0.6 is 11.8 Å². The summed E-state index contributed by atoms with van der Waals surface area (Å²) < 4.78 is 19.6. The average Bonchev–Trinajstić information content (AvgIpc) is 2.77. The second-order valence-corrected chi connectivity index (χ2v) is 8.16. The van der Waals surface area contributed by atoms with E-state index in [9.17, 15) is 19.2 Å². The Hall–Kier alpha value is -3.57. The molecule has 164 valence electrons. The molecule has 0 aromatic heterocycles. The number of dihydropyridines is 1. The number of carbonyl (C=O) groups is 2. The maximum absolute atomic E-state index is 14.7. The van der Waals surface area contributed by atoms with Crippen molar-refractivity contribution < 1.29 is 18.7 Å². The molecule has 0 saturated heterocycles. The largest absolute Gasteiger partial charge is 0.466 e. The zero-order chi connectivity index (χ0) is 23.3. The number of hydrogen-bond donors (Lipinski definition) is 2. The maximum atomic E-state index is 14.7. The first kappa shape index (κ1) is 23.1. The smallest absolute Gasteiger partial charge is 0.336 e. The van der Waals surface area contributed by atoms with Crippen molar-refractivity contribution in [2.45, 2.75) is 19.8 Å². The van der Waals surface area contributed by atoms with Crippen molar-refractivity contribution in [2.24, 2.45) is 0 Å². The van der Waals surface area contributed by atoms with Crippen molar-refractivity contribution in [3.8, 4) is 6.07 Å². The van der Waals surface area contributed by atoms with E-state index < -0.39 is 17.7 Å². The molecular weight excluding hydrogens is 429 g/mol. The van der Waals surface area contributed by atoms with Crippen molar-refractivity contribution in [3.05, 3.63) is 87.3 Å². The standard InChI is InChI=1S/C24H22FN3O3S/c1-14-7-6-8-16(11-14)28-20(29)13-32-23-18(12-26)22(17-9-4-5-10-19(17)25)21(15(2)27-23)24(30)31-3/h4-11,22,27H,13H2,1-3H3,(H,28,29)/t22-/m1/s1. The van der Waals surface area contributed by atoms with Crippen LogP contribution in [-0.4, -0.2) is 24.7 Å². The minimum absolute atomic E-state index is 0.0201. The Balaban J connectivity index is 1.91. The molecule has 6 nitrogen and oxygen atoms in total. The minimum atomic E-state index is -0.947. The lowest BCUT2D eigenvalue weighted by Crippen LogP contribution is -2.29. The van der Waals surface area contributed by atoms with Crippen molar-refractivity contribution in [1.29, 1.82) is 5.26 Å². The van der Waals surface area contributed by atoms with E-state index >= 15 is 0 Å². The summed E-state index contributed by atoms with van der Waals surface area (Å²) >= 11 is 1.12. The molecule has 2 N–H and O–H groups in total. The molecule has 0 radical (unpaired) electrons. The molecule has 0 aliphatic carbocycles. The second kappa shape index (κ2) is 10.2. The van der Waals surface area contributed by atoms with Crippen molar-refractivity contribution in [3.63, 3.8) is 0 Å². The van der Waals surface area contributed by atoms with Gasteiger partial charge in [0.2, 0.25) is 5.91 Å². The highest BCUT2D eigenvalue weighted by Crippen LogP contribution is 2.41. The Morgan fingerprint density at radius 3 is 2.62 bits per heavy atom. The van der Waals surface area contributed by atoms with Gasteiger partial charge in [0.05, 0.1) is 41.0 Å². The Bertz CT molecular complexity index is 1170. The number of carbonyl (C=O) groups excluding carboxylic acids is 2. The molecule has 0 fully saturated rings. The first-order valence-corrected chi connectivity index (χ1v) is 10.8. The molecule has 0 saturated carbocycles. The topological polar surface area (TPSA) is 91.2 Å².